The smallest absolute Gasteiger partial charge is 0.234 e. The molecule has 0 aliphatic carbocycles. The van der Waals surface area contributed by atoms with Crippen molar-refractivity contribution in [3.63, 3.8) is 0 Å². The average molecular weight is 260 g/mol. The van der Waals surface area contributed by atoms with Crippen molar-refractivity contribution in [2.24, 2.45) is 0 Å². The zero-order valence-electron chi connectivity index (χ0n) is 12.2. The molecule has 5 nitrogen and oxygen atoms in total. The van der Waals surface area contributed by atoms with Crippen LogP contribution in [0.3, 0.4) is 0 Å². The lowest BCUT2D eigenvalue weighted by molar-refractivity contribution is -0.142. The van der Waals surface area contributed by atoms with Crippen LogP contribution in [-0.2, 0) is 14.3 Å². The van der Waals surface area contributed by atoms with Crippen molar-refractivity contribution < 1.29 is 14.3 Å². The lowest BCUT2D eigenvalue weighted by atomic mass is 10.3. The molecule has 0 unspecified atom stereocenters. The number of amides is 1. The Bertz CT molecular complexity index is 206. The van der Waals surface area contributed by atoms with Crippen LogP contribution in [-0.4, -0.2) is 56.5 Å². The Labute approximate surface area is 111 Å². The summed E-state index contributed by atoms with van der Waals surface area (Å²) in [6.07, 6.45) is 0.623. The minimum absolute atomic E-state index is 0.0729. The van der Waals surface area contributed by atoms with E-state index >= 15 is 0 Å². The molecule has 0 aromatic carbocycles. The van der Waals surface area contributed by atoms with Gasteiger partial charge in [-0.1, -0.05) is 6.92 Å². The lowest BCUT2D eigenvalue weighted by Gasteiger charge is -2.23. The number of likely N-dealkylation sites (N-methyl/N-ethyl adjacent to an activating group) is 2. The Morgan fingerprint density at radius 2 is 1.78 bits per heavy atom. The number of nitrogens with zero attached hydrogens (tertiary/aromatic N) is 1. The van der Waals surface area contributed by atoms with E-state index in [-0.39, 0.29) is 12.2 Å². The van der Waals surface area contributed by atoms with Gasteiger partial charge in [0.15, 0.2) is 6.29 Å². The Hall–Kier alpha value is -0.650. The third kappa shape index (κ3) is 8.44. The van der Waals surface area contributed by atoms with Gasteiger partial charge in [-0.25, -0.2) is 0 Å². The molecule has 0 atom stereocenters. The molecule has 1 amide bonds. The van der Waals surface area contributed by atoms with Gasteiger partial charge in [0, 0.05) is 32.7 Å². The third-order valence-electron chi connectivity index (χ3n) is 2.57. The molecule has 0 aliphatic heterocycles. The minimum atomic E-state index is -0.164. The van der Waals surface area contributed by atoms with Gasteiger partial charge in [0.2, 0.25) is 5.91 Å². The van der Waals surface area contributed by atoms with Gasteiger partial charge in [-0.3, -0.25) is 9.69 Å². The van der Waals surface area contributed by atoms with E-state index in [0.717, 1.165) is 19.5 Å². The third-order valence-corrected chi connectivity index (χ3v) is 2.57. The molecule has 0 radical (unpaired) electrons. The van der Waals surface area contributed by atoms with E-state index in [1.54, 1.807) is 0 Å². The van der Waals surface area contributed by atoms with Crippen LogP contribution in [0.25, 0.3) is 0 Å². The molecule has 18 heavy (non-hydrogen) atoms. The first-order chi connectivity index (χ1) is 8.67. The molecule has 0 saturated heterocycles. The topological polar surface area (TPSA) is 50.8 Å². The summed E-state index contributed by atoms with van der Waals surface area (Å²) in [5.74, 6) is 0.0729. The second-order valence-corrected chi connectivity index (χ2v) is 3.95. The summed E-state index contributed by atoms with van der Waals surface area (Å²) in [4.78, 5) is 13.6. The zero-order chi connectivity index (χ0) is 13.8. The Kier molecular flexibility index (Phi) is 11.0. The first-order valence-corrected chi connectivity index (χ1v) is 6.90. The SMILES string of the molecule is CCNC(=O)CN(CC)CCC(OCC)OCC. The highest BCUT2D eigenvalue weighted by Gasteiger charge is 2.12. The lowest BCUT2D eigenvalue weighted by Crippen LogP contribution is -2.38. The maximum Gasteiger partial charge on any atom is 0.234 e. The quantitative estimate of drug-likeness (QED) is 0.568. The van der Waals surface area contributed by atoms with Crippen LogP contribution < -0.4 is 5.32 Å². The Morgan fingerprint density at radius 1 is 1.17 bits per heavy atom. The standard InChI is InChI=1S/C13H28N2O3/c1-5-14-12(16)11-15(6-2)10-9-13(17-7-3)18-8-4/h13H,5-11H2,1-4H3,(H,14,16). The van der Waals surface area contributed by atoms with Gasteiger partial charge in [0.05, 0.1) is 6.54 Å². The van der Waals surface area contributed by atoms with Crippen LogP contribution in [0, 0.1) is 0 Å². The van der Waals surface area contributed by atoms with Crippen LogP contribution in [0.15, 0.2) is 0 Å². The molecule has 0 saturated carbocycles. The highest BCUT2D eigenvalue weighted by molar-refractivity contribution is 5.77. The van der Waals surface area contributed by atoms with E-state index < -0.39 is 0 Å². The maximum atomic E-state index is 11.5. The second kappa shape index (κ2) is 11.4. The molecule has 0 aliphatic rings. The number of ether oxygens (including phenoxy) is 2. The second-order valence-electron chi connectivity index (χ2n) is 3.95. The van der Waals surface area contributed by atoms with Crippen LogP contribution in [0.4, 0.5) is 0 Å². The Morgan fingerprint density at radius 3 is 2.22 bits per heavy atom. The predicted molar refractivity (Wildman–Crippen MR) is 72.5 cm³/mol. The van der Waals surface area contributed by atoms with Crippen molar-refractivity contribution in [1.29, 1.82) is 0 Å². The molecule has 108 valence electrons. The van der Waals surface area contributed by atoms with Gasteiger partial charge in [-0.2, -0.15) is 0 Å². The van der Waals surface area contributed by atoms with Crippen molar-refractivity contribution in [3.05, 3.63) is 0 Å². The summed E-state index contributed by atoms with van der Waals surface area (Å²) in [5, 5.41) is 2.81. The van der Waals surface area contributed by atoms with Crippen molar-refractivity contribution in [2.45, 2.75) is 40.4 Å². The van der Waals surface area contributed by atoms with E-state index in [0.29, 0.717) is 26.3 Å². The van der Waals surface area contributed by atoms with Crippen molar-refractivity contribution in [1.82, 2.24) is 10.2 Å². The highest BCUT2D eigenvalue weighted by atomic mass is 16.7. The van der Waals surface area contributed by atoms with Crippen molar-refractivity contribution in [3.8, 4) is 0 Å². The number of hydrogen-bond acceptors (Lipinski definition) is 4. The van der Waals surface area contributed by atoms with E-state index in [9.17, 15) is 4.79 Å². The summed E-state index contributed by atoms with van der Waals surface area (Å²) in [6, 6.07) is 0. The van der Waals surface area contributed by atoms with Gasteiger partial charge in [0.25, 0.3) is 0 Å². The van der Waals surface area contributed by atoms with Crippen molar-refractivity contribution >= 4 is 5.91 Å². The molecule has 0 fully saturated rings. The fourth-order valence-electron chi connectivity index (χ4n) is 1.68. The number of rotatable bonds is 11. The van der Waals surface area contributed by atoms with Crippen molar-refractivity contribution in [2.75, 3.05) is 39.4 Å². The van der Waals surface area contributed by atoms with E-state index in [2.05, 4.69) is 17.1 Å². The number of hydrogen-bond donors (Lipinski definition) is 1. The van der Waals surface area contributed by atoms with Gasteiger partial charge >= 0.3 is 0 Å². The largest absolute Gasteiger partial charge is 0.355 e. The zero-order valence-corrected chi connectivity index (χ0v) is 12.2. The van der Waals surface area contributed by atoms with Crippen LogP contribution >= 0.6 is 0 Å². The van der Waals surface area contributed by atoms with Crippen LogP contribution in [0.1, 0.15) is 34.1 Å². The fraction of sp³-hybridized carbons (Fsp3) is 0.923. The van der Waals surface area contributed by atoms with Gasteiger partial charge < -0.3 is 14.8 Å². The van der Waals surface area contributed by atoms with Gasteiger partial charge in [0.1, 0.15) is 0 Å². The molecule has 0 aromatic heterocycles. The van der Waals surface area contributed by atoms with Gasteiger partial charge in [-0.15, -0.1) is 0 Å². The maximum absolute atomic E-state index is 11.5. The van der Waals surface area contributed by atoms with E-state index in [4.69, 9.17) is 9.47 Å². The van der Waals surface area contributed by atoms with Gasteiger partial charge in [-0.05, 0) is 27.3 Å². The molecule has 0 spiro atoms. The van der Waals surface area contributed by atoms with E-state index in [1.807, 2.05) is 20.8 Å². The summed E-state index contributed by atoms with van der Waals surface area (Å²) in [6.45, 7) is 12.0. The summed E-state index contributed by atoms with van der Waals surface area (Å²) in [5.41, 5.74) is 0. The average Bonchev–Trinajstić information content (AvgIpc) is 2.35. The molecule has 0 bridgehead atoms. The molecular weight excluding hydrogens is 232 g/mol. The predicted octanol–water partition coefficient (Wildman–Crippen LogP) is 1.23. The molecular formula is C13H28N2O3. The molecule has 0 heterocycles. The first kappa shape index (κ1) is 17.4. The molecule has 1 N–H and O–H groups in total. The summed E-state index contributed by atoms with van der Waals surface area (Å²) in [7, 11) is 0. The highest BCUT2D eigenvalue weighted by Crippen LogP contribution is 2.03. The molecule has 0 aromatic rings. The fourth-order valence-corrected chi connectivity index (χ4v) is 1.68. The number of carbonyl (C=O) groups excluding carboxylic acids is 1. The normalized spacial score (nSPS) is 11.2. The first-order valence-electron chi connectivity index (χ1n) is 6.90. The van der Waals surface area contributed by atoms with Crippen LogP contribution in [0.2, 0.25) is 0 Å². The van der Waals surface area contributed by atoms with Crippen LogP contribution in [0.5, 0.6) is 0 Å². The number of carbonyl (C=O) groups is 1. The molecule has 5 heteroatoms. The minimum Gasteiger partial charge on any atom is -0.355 e. The monoisotopic (exact) mass is 260 g/mol. The van der Waals surface area contributed by atoms with E-state index in [1.165, 1.54) is 0 Å². The molecule has 0 rings (SSSR count). The Balaban J connectivity index is 3.98. The summed E-state index contributed by atoms with van der Waals surface area (Å²) < 4.78 is 11.0. The summed E-state index contributed by atoms with van der Waals surface area (Å²) >= 11 is 0. The number of nitrogens with one attached hydrogen (secondary N) is 1.